The van der Waals surface area contributed by atoms with Gasteiger partial charge in [-0.2, -0.15) is 23.3 Å². The molecule has 0 saturated carbocycles. The molecule has 2 aromatic carbocycles. The van der Waals surface area contributed by atoms with Crippen LogP contribution in [0.5, 0.6) is 0 Å². The van der Waals surface area contributed by atoms with Crippen molar-refractivity contribution < 1.29 is 27.6 Å². The Kier molecular flexibility index (Phi) is 7.91. The van der Waals surface area contributed by atoms with Gasteiger partial charge in [-0.05, 0) is 59.7 Å². The summed E-state index contributed by atoms with van der Waals surface area (Å²) in [5, 5.41) is 8.68. The average molecular weight is 593 g/mol. The minimum absolute atomic E-state index is 0.00955. The highest BCUT2D eigenvalue weighted by molar-refractivity contribution is 8.18. The molecular weight excluding hydrogens is 569 g/mol. The summed E-state index contributed by atoms with van der Waals surface area (Å²) in [6.07, 6.45) is -0.725. The number of hydrogen-bond donors (Lipinski definition) is 2. The van der Waals surface area contributed by atoms with Crippen LogP contribution in [-0.2, 0) is 27.1 Å². The summed E-state index contributed by atoms with van der Waals surface area (Å²) in [5.74, 6) is -0.631. The number of hydrogen-bond acceptors (Lipinski definition) is 7. The first-order valence-corrected chi connectivity index (χ1v) is 13.4. The number of aliphatic imine (C=N–C) groups is 1. The second-order valence-electron chi connectivity index (χ2n) is 9.36. The van der Waals surface area contributed by atoms with E-state index in [-0.39, 0.29) is 35.0 Å². The first-order valence-electron chi connectivity index (χ1n) is 12.2. The van der Waals surface area contributed by atoms with Crippen LogP contribution in [0.15, 0.2) is 52.5 Å². The van der Waals surface area contributed by atoms with Gasteiger partial charge in [0.15, 0.2) is 5.17 Å². The van der Waals surface area contributed by atoms with E-state index in [9.17, 15) is 22.8 Å². The number of amides is 2. The highest BCUT2D eigenvalue weighted by atomic mass is 35.5. The van der Waals surface area contributed by atoms with Gasteiger partial charge in [-0.1, -0.05) is 23.7 Å². The van der Waals surface area contributed by atoms with Gasteiger partial charge in [0.2, 0.25) is 0 Å². The molecule has 0 bridgehead atoms. The number of nitrogens with one attached hydrogen (secondary N) is 2. The number of aromatic nitrogens is 2. The van der Waals surface area contributed by atoms with E-state index in [1.165, 1.54) is 35.7 Å². The Morgan fingerprint density at radius 3 is 2.88 bits per heavy atom. The van der Waals surface area contributed by atoms with E-state index in [4.69, 9.17) is 11.6 Å². The summed E-state index contributed by atoms with van der Waals surface area (Å²) in [7, 11) is 3.20. The van der Waals surface area contributed by atoms with Crippen LogP contribution in [0.2, 0.25) is 5.02 Å². The van der Waals surface area contributed by atoms with Crippen molar-refractivity contribution in [3.05, 3.63) is 69.2 Å². The number of fused-ring (bicyclic) bond motifs is 1. The largest absolute Gasteiger partial charge is 0.416 e. The van der Waals surface area contributed by atoms with Gasteiger partial charge in [0.1, 0.15) is 0 Å². The molecule has 2 atom stereocenters. The van der Waals surface area contributed by atoms with Crippen LogP contribution in [0.3, 0.4) is 0 Å². The number of likely N-dealkylation sites (N-methyl/N-ethyl adjacent to an activating group) is 1. The van der Waals surface area contributed by atoms with Crippen molar-refractivity contribution in [2.45, 2.75) is 31.2 Å². The fraction of sp³-hybridized carbons (Fsp3) is 0.308. The summed E-state index contributed by atoms with van der Waals surface area (Å²) in [4.78, 5) is 35.9. The summed E-state index contributed by atoms with van der Waals surface area (Å²) in [6, 6.07) is 8.59. The number of thioether (sulfide) groups is 1. The van der Waals surface area contributed by atoms with Crippen molar-refractivity contribution in [2.24, 2.45) is 4.99 Å². The molecule has 2 aliphatic heterocycles. The fourth-order valence-corrected chi connectivity index (χ4v) is 5.79. The van der Waals surface area contributed by atoms with Gasteiger partial charge < -0.3 is 10.2 Å². The zero-order valence-electron chi connectivity index (χ0n) is 21.3. The molecule has 1 aromatic heterocycles. The fourth-order valence-electron chi connectivity index (χ4n) is 4.67. The highest BCUT2D eigenvalue weighted by Gasteiger charge is 2.36. The molecule has 14 heteroatoms. The van der Waals surface area contributed by atoms with Gasteiger partial charge in [0, 0.05) is 30.0 Å². The van der Waals surface area contributed by atoms with Gasteiger partial charge in [0.05, 0.1) is 41.9 Å². The van der Waals surface area contributed by atoms with Gasteiger partial charge in [0.25, 0.3) is 11.8 Å². The predicted octanol–water partition coefficient (Wildman–Crippen LogP) is 4.07. The first kappa shape index (κ1) is 28.1. The summed E-state index contributed by atoms with van der Waals surface area (Å²) in [5.41, 5.74) is 2.94. The van der Waals surface area contributed by atoms with Gasteiger partial charge in [-0.3, -0.25) is 19.1 Å². The zero-order chi connectivity index (χ0) is 28.6. The van der Waals surface area contributed by atoms with E-state index in [2.05, 4.69) is 25.7 Å². The Hall–Kier alpha value is -3.39. The number of rotatable bonds is 6. The molecular formula is C26H24ClF3N6O3S. The third kappa shape index (κ3) is 5.87. The lowest BCUT2D eigenvalue weighted by Crippen LogP contribution is -2.39. The van der Waals surface area contributed by atoms with Gasteiger partial charge in [-0.25, -0.2) is 5.48 Å². The number of halogens is 4. The van der Waals surface area contributed by atoms with Crippen molar-refractivity contribution in [1.82, 2.24) is 25.5 Å². The maximum Gasteiger partial charge on any atom is 0.416 e. The van der Waals surface area contributed by atoms with Crippen molar-refractivity contribution in [3.63, 3.8) is 0 Å². The van der Waals surface area contributed by atoms with E-state index in [0.29, 0.717) is 33.9 Å². The third-order valence-corrected chi connectivity index (χ3v) is 8.06. The smallest absolute Gasteiger partial charge is 0.350 e. The van der Waals surface area contributed by atoms with Crippen LogP contribution < -0.4 is 10.8 Å². The van der Waals surface area contributed by atoms with Crippen molar-refractivity contribution in [2.75, 3.05) is 20.7 Å². The van der Waals surface area contributed by atoms with Crippen LogP contribution in [0.1, 0.15) is 23.1 Å². The number of nitrogens with zero attached hydrogens (tertiary/aromatic N) is 4. The van der Waals surface area contributed by atoms with Crippen LogP contribution >= 0.6 is 23.4 Å². The number of amidine groups is 1. The van der Waals surface area contributed by atoms with Crippen LogP contribution in [-0.4, -0.2) is 64.4 Å². The van der Waals surface area contributed by atoms with E-state index in [1.54, 1.807) is 24.4 Å². The number of benzene rings is 2. The number of carbonyl (C=O) groups excluding carboxylic acids is 2. The molecule has 0 radical (unpaired) electrons. The maximum atomic E-state index is 13.5. The normalized spacial score (nSPS) is 20.4. The maximum absolute atomic E-state index is 13.5. The summed E-state index contributed by atoms with van der Waals surface area (Å²) < 4.78 is 42.1. The molecule has 3 heterocycles. The van der Waals surface area contributed by atoms with Crippen molar-refractivity contribution in [3.8, 4) is 0 Å². The molecule has 2 aliphatic rings. The van der Waals surface area contributed by atoms with E-state index in [0.717, 1.165) is 11.6 Å². The van der Waals surface area contributed by atoms with Crippen LogP contribution in [0.4, 0.5) is 13.2 Å². The standard InChI is InChI=1S/C26H24ClF3N6O3S/c1-35(18-10-20(31-12-18)23(37)34-39-2)25-33-24(38)22(40-25)8-14-3-6-21-16(7-14)11-32-36(21)13-15-4-5-17(27)9-19(15)26(28,29)30/h3-9,11,18,20,31H,10,12-13H2,1-2H3,(H,34,37)/b22-8-/t18-,20+/m0/s1. The third-order valence-electron chi connectivity index (χ3n) is 6.75. The van der Waals surface area contributed by atoms with Crippen LogP contribution in [0.25, 0.3) is 17.0 Å². The number of alkyl halides is 3. The van der Waals surface area contributed by atoms with E-state index >= 15 is 0 Å². The molecule has 2 amide bonds. The average Bonchev–Trinajstić information content (AvgIpc) is 3.64. The minimum atomic E-state index is -4.54. The molecule has 0 aliphatic carbocycles. The van der Waals surface area contributed by atoms with E-state index < -0.39 is 17.8 Å². The summed E-state index contributed by atoms with van der Waals surface area (Å²) in [6.45, 7) is 0.462. The zero-order valence-corrected chi connectivity index (χ0v) is 22.9. The number of hydroxylamine groups is 1. The SMILES string of the molecule is CONC(=O)[C@H]1C[C@H](N(C)C2=NC(=O)/C(=C/c3ccc4c(cnn4Cc4ccc(Cl)cc4C(F)(F)F)c3)S2)CN1. The number of carbonyl (C=O) groups is 2. The van der Waals surface area contributed by atoms with Crippen LogP contribution in [0, 0.1) is 0 Å². The molecule has 9 nitrogen and oxygen atoms in total. The molecule has 0 unspecified atom stereocenters. The lowest BCUT2D eigenvalue weighted by Gasteiger charge is -2.24. The molecule has 5 rings (SSSR count). The van der Waals surface area contributed by atoms with Gasteiger partial charge >= 0.3 is 6.18 Å². The molecule has 1 fully saturated rings. The predicted molar refractivity (Wildman–Crippen MR) is 146 cm³/mol. The molecule has 210 valence electrons. The topological polar surface area (TPSA) is 101 Å². The Morgan fingerprint density at radius 1 is 1.32 bits per heavy atom. The Bertz CT molecular complexity index is 1540. The Labute approximate surface area is 236 Å². The minimum Gasteiger partial charge on any atom is -0.350 e. The quantitative estimate of drug-likeness (QED) is 0.329. The lowest BCUT2D eigenvalue weighted by molar-refractivity contribution is -0.138. The highest BCUT2D eigenvalue weighted by Crippen LogP contribution is 2.35. The first-order chi connectivity index (χ1) is 19.0. The second kappa shape index (κ2) is 11.2. The molecule has 40 heavy (non-hydrogen) atoms. The van der Waals surface area contributed by atoms with Crippen molar-refractivity contribution >= 4 is 57.3 Å². The monoisotopic (exact) mass is 592 g/mol. The molecule has 0 spiro atoms. The van der Waals surface area contributed by atoms with E-state index in [1.807, 2.05) is 18.0 Å². The van der Waals surface area contributed by atoms with Crippen molar-refractivity contribution in [1.29, 1.82) is 0 Å². The Balaban J connectivity index is 1.29. The lowest BCUT2D eigenvalue weighted by atomic mass is 10.1. The molecule has 1 saturated heterocycles. The summed E-state index contributed by atoms with van der Waals surface area (Å²) >= 11 is 7.04. The Morgan fingerprint density at radius 2 is 2.12 bits per heavy atom. The van der Waals surface area contributed by atoms with Gasteiger partial charge in [-0.15, -0.1) is 0 Å². The molecule has 2 N–H and O–H groups in total. The second-order valence-corrected chi connectivity index (χ2v) is 10.8. The molecule has 3 aromatic rings.